The smallest absolute Gasteiger partial charge is 0.244 e. The van der Waals surface area contributed by atoms with E-state index >= 15 is 0 Å². The number of carbonyl (C=O) groups excluding carboxylic acids is 1. The Labute approximate surface area is 198 Å². The van der Waals surface area contributed by atoms with E-state index < -0.39 is 9.84 Å². The standard InChI is InChI=1S/C26H26N2O5S/c1-18-8-4-5-9-19(18)17-34(30,31)25-15-28(23-11-7-6-10-21(23)25)16-26(29)27-22-14-20(32-2)12-13-24(22)33-3/h4-15H,16-17H2,1-3H3,(H,27,29). The number of anilines is 1. The molecule has 8 heteroatoms. The number of benzene rings is 3. The number of hydrogen-bond acceptors (Lipinski definition) is 5. The van der Waals surface area contributed by atoms with Gasteiger partial charge >= 0.3 is 0 Å². The minimum Gasteiger partial charge on any atom is -0.497 e. The largest absolute Gasteiger partial charge is 0.497 e. The van der Waals surface area contributed by atoms with Crippen molar-refractivity contribution in [1.29, 1.82) is 0 Å². The first-order valence-corrected chi connectivity index (χ1v) is 12.3. The summed E-state index contributed by atoms with van der Waals surface area (Å²) < 4.78 is 38.9. The van der Waals surface area contributed by atoms with Crippen LogP contribution in [0.2, 0.25) is 0 Å². The zero-order valence-electron chi connectivity index (χ0n) is 19.2. The summed E-state index contributed by atoms with van der Waals surface area (Å²) in [6, 6.07) is 19.7. The van der Waals surface area contributed by atoms with Crippen molar-refractivity contribution in [3.05, 3.63) is 84.1 Å². The van der Waals surface area contributed by atoms with E-state index in [9.17, 15) is 13.2 Å². The van der Waals surface area contributed by atoms with Crippen LogP contribution in [0.3, 0.4) is 0 Å². The summed E-state index contributed by atoms with van der Waals surface area (Å²) in [7, 11) is -0.589. The van der Waals surface area contributed by atoms with Gasteiger partial charge in [0.15, 0.2) is 9.84 Å². The van der Waals surface area contributed by atoms with Crippen molar-refractivity contribution in [1.82, 2.24) is 4.57 Å². The average molecular weight is 479 g/mol. The van der Waals surface area contributed by atoms with Crippen LogP contribution in [0.1, 0.15) is 11.1 Å². The number of ether oxygens (including phenoxy) is 2. The Morgan fingerprint density at radius 1 is 0.971 bits per heavy atom. The minimum absolute atomic E-state index is 0.0687. The summed E-state index contributed by atoms with van der Waals surface area (Å²) in [5.41, 5.74) is 2.80. The maximum Gasteiger partial charge on any atom is 0.244 e. The number of nitrogens with one attached hydrogen (secondary N) is 1. The van der Waals surface area contributed by atoms with Crippen molar-refractivity contribution in [2.75, 3.05) is 19.5 Å². The fraction of sp³-hybridized carbons (Fsp3) is 0.192. The lowest BCUT2D eigenvalue weighted by Gasteiger charge is -2.12. The van der Waals surface area contributed by atoms with Gasteiger partial charge in [0.1, 0.15) is 18.0 Å². The van der Waals surface area contributed by atoms with Crippen molar-refractivity contribution in [3.8, 4) is 11.5 Å². The third-order valence-corrected chi connectivity index (χ3v) is 7.38. The van der Waals surface area contributed by atoms with Crippen LogP contribution in [-0.4, -0.2) is 33.1 Å². The number of amides is 1. The highest BCUT2D eigenvalue weighted by Crippen LogP contribution is 2.30. The molecule has 3 aromatic carbocycles. The molecule has 34 heavy (non-hydrogen) atoms. The third-order valence-electron chi connectivity index (χ3n) is 5.69. The van der Waals surface area contributed by atoms with Gasteiger partial charge in [-0.2, -0.15) is 0 Å². The van der Waals surface area contributed by atoms with Crippen LogP contribution in [0.4, 0.5) is 5.69 Å². The molecule has 1 aromatic heterocycles. The van der Waals surface area contributed by atoms with Crippen LogP contribution in [0.15, 0.2) is 77.8 Å². The van der Waals surface area contributed by atoms with E-state index in [0.29, 0.717) is 28.1 Å². The van der Waals surface area contributed by atoms with Gasteiger partial charge < -0.3 is 19.4 Å². The van der Waals surface area contributed by atoms with E-state index in [2.05, 4.69) is 5.32 Å². The lowest BCUT2D eigenvalue weighted by Crippen LogP contribution is -2.18. The molecule has 1 heterocycles. The average Bonchev–Trinajstić information content (AvgIpc) is 3.19. The fourth-order valence-electron chi connectivity index (χ4n) is 3.90. The Morgan fingerprint density at radius 2 is 1.71 bits per heavy atom. The Balaban J connectivity index is 1.65. The number of carbonyl (C=O) groups is 1. The number of rotatable bonds is 8. The highest BCUT2D eigenvalue weighted by molar-refractivity contribution is 7.90. The Hall–Kier alpha value is -3.78. The van der Waals surface area contributed by atoms with Crippen LogP contribution < -0.4 is 14.8 Å². The molecule has 0 saturated carbocycles. The van der Waals surface area contributed by atoms with Crippen LogP contribution in [0.25, 0.3) is 10.9 Å². The summed E-state index contributed by atoms with van der Waals surface area (Å²) in [5, 5.41) is 3.42. The number of hydrogen-bond donors (Lipinski definition) is 1. The van der Waals surface area contributed by atoms with Gasteiger partial charge in [0.2, 0.25) is 5.91 Å². The van der Waals surface area contributed by atoms with Crippen LogP contribution >= 0.6 is 0 Å². The van der Waals surface area contributed by atoms with Gasteiger partial charge in [0.05, 0.1) is 30.6 Å². The molecular formula is C26H26N2O5S. The number of aryl methyl sites for hydroxylation is 1. The second-order valence-electron chi connectivity index (χ2n) is 7.94. The molecule has 4 aromatic rings. The lowest BCUT2D eigenvalue weighted by atomic mass is 10.1. The highest BCUT2D eigenvalue weighted by Gasteiger charge is 2.23. The molecule has 176 valence electrons. The van der Waals surface area contributed by atoms with E-state index in [4.69, 9.17) is 9.47 Å². The van der Waals surface area contributed by atoms with Gasteiger partial charge in [-0.1, -0.05) is 42.5 Å². The molecule has 1 amide bonds. The van der Waals surface area contributed by atoms with Gasteiger partial charge in [-0.05, 0) is 36.2 Å². The topological polar surface area (TPSA) is 86.6 Å². The highest BCUT2D eigenvalue weighted by atomic mass is 32.2. The molecule has 1 N–H and O–H groups in total. The van der Waals surface area contributed by atoms with E-state index in [1.165, 1.54) is 14.2 Å². The first kappa shape index (κ1) is 23.4. The summed E-state index contributed by atoms with van der Waals surface area (Å²) in [6.07, 6.45) is 1.54. The van der Waals surface area contributed by atoms with E-state index in [0.717, 1.165) is 11.1 Å². The molecule has 4 rings (SSSR count). The Kier molecular flexibility index (Phi) is 6.61. The summed E-state index contributed by atoms with van der Waals surface area (Å²) >= 11 is 0. The molecule has 0 bridgehead atoms. The number of sulfone groups is 1. The number of nitrogens with zero attached hydrogens (tertiary/aromatic N) is 1. The lowest BCUT2D eigenvalue weighted by molar-refractivity contribution is -0.116. The fourth-order valence-corrected chi connectivity index (χ4v) is 5.59. The maximum absolute atomic E-state index is 13.4. The first-order valence-electron chi connectivity index (χ1n) is 10.7. The summed E-state index contributed by atoms with van der Waals surface area (Å²) in [5.74, 6) is 0.635. The normalized spacial score (nSPS) is 11.4. The SMILES string of the molecule is COc1ccc(OC)c(NC(=O)Cn2cc(S(=O)(=O)Cc3ccccc3C)c3ccccc32)c1. The predicted molar refractivity (Wildman–Crippen MR) is 132 cm³/mol. The maximum atomic E-state index is 13.4. The van der Waals surface area contributed by atoms with Gasteiger partial charge in [0.25, 0.3) is 0 Å². The Morgan fingerprint density at radius 3 is 2.44 bits per heavy atom. The quantitative estimate of drug-likeness (QED) is 0.401. The molecule has 0 aliphatic heterocycles. The van der Waals surface area contributed by atoms with Crippen LogP contribution in [0, 0.1) is 6.92 Å². The zero-order chi connectivity index (χ0) is 24.3. The first-order chi connectivity index (χ1) is 16.3. The minimum atomic E-state index is -3.65. The van der Waals surface area contributed by atoms with Crippen molar-refractivity contribution >= 4 is 32.3 Å². The van der Waals surface area contributed by atoms with E-state index in [1.807, 2.05) is 43.3 Å². The molecule has 0 radical (unpaired) electrons. The van der Waals surface area contributed by atoms with Gasteiger partial charge in [-0.25, -0.2) is 8.42 Å². The van der Waals surface area contributed by atoms with Crippen molar-refractivity contribution < 1.29 is 22.7 Å². The van der Waals surface area contributed by atoms with Gasteiger partial charge in [-0.15, -0.1) is 0 Å². The Bertz CT molecular complexity index is 1460. The number of aromatic nitrogens is 1. The molecule has 0 atom stereocenters. The molecule has 0 spiro atoms. The third kappa shape index (κ3) is 4.77. The van der Waals surface area contributed by atoms with Crippen LogP contribution in [-0.2, 0) is 26.9 Å². The monoisotopic (exact) mass is 478 g/mol. The predicted octanol–water partition coefficient (Wildman–Crippen LogP) is 4.58. The number of para-hydroxylation sites is 1. The van der Waals surface area contributed by atoms with E-state index in [-0.39, 0.29) is 23.1 Å². The molecule has 0 fully saturated rings. The number of fused-ring (bicyclic) bond motifs is 1. The second-order valence-corrected chi connectivity index (χ2v) is 9.90. The van der Waals surface area contributed by atoms with Crippen LogP contribution in [0.5, 0.6) is 11.5 Å². The van der Waals surface area contributed by atoms with Crippen molar-refractivity contribution in [2.45, 2.75) is 24.1 Å². The molecule has 0 saturated heterocycles. The summed E-state index contributed by atoms with van der Waals surface area (Å²) in [6.45, 7) is 1.83. The molecule has 0 aliphatic rings. The van der Waals surface area contributed by atoms with E-state index in [1.54, 1.807) is 41.1 Å². The zero-order valence-corrected chi connectivity index (χ0v) is 20.1. The van der Waals surface area contributed by atoms with Crippen molar-refractivity contribution in [2.24, 2.45) is 0 Å². The van der Waals surface area contributed by atoms with Gasteiger partial charge in [-0.3, -0.25) is 4.79 Å². The van der Waals surface area contributed by atoms with Crippen molar-refractivity contribution in [3.63, 3.8) is 0 Å². The number of methoxy groups -OCH3 is 2. The molecule has 0 unspecified atom stereocenters. The molecule has 0 aliphatic carbocycles. The second kappa shape index (κ2) is 9.61. The molecule has 7 nitrogen and oxygen atoms in total. The molecular weight excluding hydrogens is 452 g/mol. The summed E-state index contributed by atoms with van der Waals surface area (Å²) in [4.78, 5) is 13.1. The van der Waals surface area contributed by atoms with Gasteiger partial charge in [0, 0.05) is 23.2 Å².